The Balaban J connectivity index is 1.42. The maximum Gasteiger partial charge on any atom is 0.189 e. The van der Waals surface area contributed by atoms with E-state index in [1.54, 1.807) is 18.2 Å². The van der Waals surface area contributed by atoms with E-state index in [4.69, 9.17) is 4.74 Å². The molecule has 0 spiro atoms. The van der Waals surface area contributed by atoms with E-state index in [-0.39, 0.29) is 17.1 Å². The van der Waals surface area contributed by atoms with Gasteiger partial charge in [0.25, 0.3) is 0 Å². The first-order valence-corrected chi connectivity index (χ1v) is 13.2. The topological polar surface area (TPSA) is 56.3 Å². The van der Waals surface area contributed by atoms with Gasteiger partial charge in [-0.25, -0.2) is 0 Å². The van der Waals surface area contributed by atoms with E-state index in [0.29, 0.717) is 12.4 Å². The zero-order valence-corrected chi connectivity index (χ0v) is 23.4. The summed E-state index contributed by atoms with van der Waals surface area (Å²) in [6.07, 6.45) is 5.17. The lowest BCUT2D eigenvalue weighted by Crippen LogP contribution is -2.24. The summed E-state index contributed by atoms with van der Waals surface area (Å²) in [5.41, 5.74) is 4.80. The van der Waals surface area contributed by atoms with Crippen LogP contribution in [0.5, 0.6) is 11.5 Å². The van der Waals surface area contributed by atoms with Gasteiger partial charge in [0, 0.05) is 52.2 Å². The van der Waals surface area contributed by atoms with Crippen LogP contribution in [0.15, 0.2) is 72.8 Å². The third-order valence-electron chi connectivity index (χ3n) is 6.51. The minimum atomic E-state index is -0.248. The van der Waals surface area contributed by atoms with E-state index in [0.717, 1.165) is 43.7 Å². The van der Waals surface area contributed by atoms with Gasteiger partial charge in [-0.2, -0.15) is 0 Å². The van der Waals surface area contributed by atoms with Crippen molar-refractivity contribution in [1.29, 1.82) is 0 Å². The number of phenolic OH excluding ortho intramolecular Hbond substituents is 1. The molecule has 6 nitrogen and oxygen atoms in total. The normalized spacial score (nSPS) is 11.2. The SMILES string of the molecule is CCN(CCCCOc1ccc(C(=O)/C=C/c2ccc(N(C)C)cc2)c(O)c1)Cc1ccc(N(C)C)cc1. The number of aromatic hydroxyl groups is 1. The van der Waals surface area contributed by atoms with Crippen LogP contribution in [0.4, 0.5) is 11.4 Å². The van der Waals surface area contributed by atoms with Gasteiger partial charge >= 0.3 is 0 Å². The van der Waals surface area contributed by atoms with Gasteiger partial charge in [-0.05, 0) is 79.5 Å². The molecule has 1 N–H and O–H groups in total. The molecule has 3 aromatic rings. The molecular weight excluding hydrogens is 474 g/mol. The molecule has 0 bridgehead atoms. The Morgan fingerprint density at radius 2 is 1.50 bits per heavy atom. The standard InChI is InChI=1S/C32H41N3O3/c1-6-35(24-26-11-16-28(17-12-26)34(4)5)21-7-8-22-38-29-18-19-30(32(37)23-29)31(36)20-13-25-9-14-27(15-10-25)33(2)3/h9-20,23,37H,6-8,21-22,24H2,1-5H3/b20-13+. The van der Waals surface area contributed by atoms with Crippen molar-refractivity contribution < 1.29 is 14.6 Å². The van der Waals surface area contributed by atoms with Crippen LogP contribution in [0.1, 0.15) is 41.3 Å². The van der Waals surface area contributed by atoms with Crippen molar-refractivity contribution in [2.24, 2.45) is 0 Å². The molecule has 38 heavy (non-hydrogen) atoms. The van der Waals surface area contributed by atoms with Crippen LogP contribution in [0.3, 0.4) is 0 Å². The van der Waals surface area contributed by atoms with Gasteiger partial charge < -0.3 is 19.6 Å². The molecule has 0 aliphatic carbocycles. The molecule has 0 aliphatic rings. The number of carbonyl (C=O) groups is 1. The predicted octanol–water partition coefficient (Wildman–Crippen LogP) is 6.10. The van der Waals surface area contributed by atoms with Crippen molar-refractivity contribution >= 4 is 23.2 Å². The van der Waals surface area contributed by atoms with E-state index in [9.17, 15) is 9.90 Å². The zero-order chi connectivity index (χ0) is 27.5. The van der Waals surface area contributed by atoms with Crippen LogP contribution in [-0.4, -0.2) is 63.7 Å². The highest BCUT2D eigenvalue weighted by atomic mass is 16.5. The number of unbranched alkanes of at least 4 members (excludes halogenated alkanes) is 1. The van der Waals surface area contributed by atoms with Crippen LogP contribution in [0, 0.1) is 0 Å². The fraction of sp³-hybridized carbons (Fsp3) is 0.344. The van der Waals surface area contributed by atoms with Crippen molar-refractivity contribution in [3.8, 4) is 11.5 Å². The van der Waals surface area contributed by atoms with Crippen molar-refractivity contribution in [3.05, 3.63) is 89.5 Å². The minimum absolute atomic E-state index is 0.0717. The molecule has 0 saturated carbocycles. The Kier molecular flexibility index (Phi) is 10.8. The van der Waals surface area contributed by atoms with E-state index in [2.05, 4.69) is 55.1 Å². The summed E-state index contributed by atoms with van der Waals surface area (Å²) >= 11 is 0. The molecule has 0 amide bonds. The highest BCUT2D eigenvalue weighted by Gasteiger charge is 2.10. The number of hydrogen-bond donors (Lipinski definition) is 1. The lowest BCUT2D eigenvalue weighted by Gasteiger charge is -2.21. The predicted molar refractivity (Wildman–Crippen MR) is 159 cm³/mol. The van der Waals surface area contributed by atoms with Gasteiger partial charge in [-0.15, -0.1) is 0 Å². The number of phenols is 1. The highest BCUT2D eigenvalue weighted by Crippen LogP contribution is 2.25. The summed E-state index contributed by atoms with van der Waals surface area (Å²) < 4.78 is 5.83. The van der Waals surface area contributed by atoms with E-state index >= 15 is 0 Å². The third-order valence-corrected chi connectivity index (χ3v) is 6.51. The summed E-state index contributed by atoms with van der Waals surface area (Å²) in [7, 11) is 8.07. The fourth-order valence-corrected chi connectivity index (χ4v) is 4.09. The van der Waals surface area contributed by atoms with E-state index in [1.807, 2.05) is 43.3 Å². The monoisotopic (exact) mass is 515 g/mol. The number of anilines is 2. The largest absolute Gasteiger partial charge is 0.507 e. The molecule has 3 rings (SSSR count). The Bertz CT molecular complexity index is 1190. The van der Waals surface area contributed by atoms with Crippen molar-refractivity contribution in [1.82, 2.24) is 4.90 Å². The van der Waals surface area contributed by atoms with Gasteiger partial charge in [0.1, 0.15) is 11.5 Å². The van der Waals surface area contributed by atoms with Gasteiger partial charge in [0.15, 0.2) is 5.78 Å². The number of nitrogens with zero attached hydrogens (tertiary/aromatic N) is 3. The lowest BCUT2D eigenvalue weighted by molar-refractivity contribution is 0.104. The van der Waals surface area contributed by atoms with Crippen LogP contribution in [-0.2, 0) is 6.54 Å². The number of carbonyl (C=O) groups excluding carboxylic acids is 1. The molecule has 0 saturated heterocycles. The van der Waals surface area contributed by atoms with E-state index in [1.165, 1.54) is 23.4 Å². The number of ether oxygens (including phenoxy) is 1. The molecule has 0 heterocycles. The Labute approximate surface area is 227 Å². The maximum atomic E-state index is 12.6. The minimum Gasteiger partial charge on any atom is -0.507 e. The maximum absolute atomic E-state index is 12.6. The Morgan fingerprint density at radius 3 is 2.08 bits per heavy atom. The summed E-state index contributed by atoms with van der Waals surface area (Å²) in [5, 5.41) is 10.4. The molecule has 0 unspecified atom stereocenters. The summed E-state index contributed by atoms with van der Waals surface area (Å²) in [6.45, 7) is 5.68. The first-order valence-electron chi connectivity index (χ1n) is 13.2. The number of benzene rings is 3. The quantitative estimate of drug-likeness (QED) is 0.159. The molecule has 3 aromatic carbocycles. The number of allylic oxidation sites excluding steroid dienone is 1. The van der Waals surface area contributed by atoms with Crippen LogP contribution in [0.2, 0.25) is 0 Å². The third kappa shape index (κ3) is 8.67. The molecule has 0 fully saturated rings. The molecular formula is C32H41N3O3. The highest BCUT2D eigenvalue weighted by molar-refractivity contribution is 6.08. The second-order valence-corrected chi connectivity index (χ2v) is 9.85. The molecule has 6 heteroatoms. The second-order valence-electron chi connectivity index (χ2n) is 9.85. The van der Waals surface area contributed by atoms with E-state index < -0.39 is 0 Å². The second kappa shape index (κ2) is 14.2. The van der Waals surface area contributed by atoms with Crippen molar-refractivity contribution in [2.75, 3.05) is 57.7 Å². The number of rotatable bonds is 14. The molecule has 0 radical (unpaired) electrons. The summed E-state index contributed by atoms with van der Waals surface area (Å²) in [5.74, 6) is 0.245. The van der Waals surface area contributed by atoms with Gasteiger partial charge in [-0.1, -0.05) is 37.3 Å². The smallest absolute Gasteiger partial charge is 0.189 e. The van der Waals surface area contributed by atoms with Gasteiger partial charge in [0.2, 0.25) is 0 Å². The Morgan fingerprint density at radius 1 is 0.868 bits per heavy atom. The molecule has 0 aromatic heterocycles. The number of hydrogen-bond acceptors (Lipinski definition) is 6. The first-order chi connectivity index (χ1) is 18.3. The fourth-order valence-electron chi connectivity index (χ4n) is 4.09. The lowest BCUT2D eigenvalue weighted by atomic mass is 10.1. The molecule has 0 aliphatic heterocycles. The zero-order valence-electron chi connectivity index (χ0n) is 23.4. The van der Waals surface area contributed by atoms with Crippen molar-refractivity contribution in [3.63, 3.8) is 0 Å². The van der Waals surface area contributed by atoms with Crippen molar-refractivity contribution in [2.45, 2.75) is 26.3 Å². The van der Waals surface area contributed by atoms with Crippen LogP contribution < -0.4 is 14.5 Å². The summed E-state index contributed by atoms with van der Waals surface area (Å²) in [6, 6.07) is 21.5. The van der Waals surface area contributed by atoms with Crippen LogP contribution >= 0.6 is 0 Å². The average Bonchev–Trinajstić information content (AvgIpc) is 2.91. The first kappa shape index (κ1) is 28.8. The van der Waals surface area contributed by atoms with Gasteiger partial charge in [-0.3, -0.25) is 9.69 Å². The van der Waals surface area contributed by atoms with Gasteiger partial charge in [0.05, 0.1) is 12.2 Å². The Hall–Kier alpha value is -3.77. The number of ketones is 1. The summed E-state index contributed by atoms with van der Waals surface area (Å²) in [4.78, 5) is 19.2. The molecule has 202 valence electrons. The molecule has 0 atom stereocenters. The van der Waals surface area contributed by atoms with Crippen LogP contribution in [0.25, 0.3) is 6.08 Å². The average molecular weight is 516 g/mol.